The number of anilines is 1. The lowest BCUT2D eigenvalue weighted by molar-refractivity contribution is -0.118. The van der Waals surface area contributed by atoms with Gasteiger partial charge in [-0.1, -0.05) is 29.0 Å². The molecule has 0 saturated carbocycles. The highest BCUT2D eigenvalue weighted by Crippen LogP contribution is 2.32. The minimum Gasteiger partial charge on any atom is -0.497 e. The van der Waals surface area contributed by atoms with E-state index in [4.69, 9.17) is 16.3 Å². The molecule has 5 nitrogen and oxygen atoms in total. The van der Waals surface area contributed by atoms with Crippen LogP contribution < -0.4 is 9.64 Å². The van der Waals surface area contributed by atoms with Gasteiger partial charge < -0.3 is 4.74 Å². The topological polar surface area (TPSA) is 55.3 Å². The van der Waals surface area contributed by atoms with Crippen molar-refractivity contribution < 1.29 is 9.53 Å². The van der Waals surface area contributed by atoms with E-state index in [0.717, 1.165) is 26.6 Å². The number of rotatable bonds is 8. The number of benzene rings is 2. The molecular weight excluding hydrogens is 450 g/mol. The number of hydrogen-bond acceptors (Lipinski definition) is 6. The Morgan fingerprint density at radius 1 is 1.16 bits per heavy atom. The number of hydrogen-bond donors (Lipinski definition) is 0. The van der Waals surface area contributed by atoms with E-state index in [2.05, 4.69) is 9.97 Å². The zero-order chi connectivity index (χ0) is 21.6. The van der Waals surface area contributed by atoms with E-state index in [9.17, 15) is 4.79 Å². The van der Waals surface area contributed by atoms with Crippen LogP contribution in [0.4, 0.5) is 5.13 Å². The number of thioether (sulfide) groups is 1. The highest BCUT2D eigenvalue weighted by Gasteiger charge is 2.20. The molecule has 8 heteroatoms. The molecule has 0 radical (unpaired) electrons. The maximum absolute atomic E-state index is 13.2. The fraction of sp³-hybridized carbons (Fsp3) is 0.174. The van der Waals surface area contributed by atoms with Crippen LogP contribution in [0, 0.1) is 0 Å². The summed E-state index contributed by atoms with van der Waals surface area (Å²) in [6, 6.07) is 19.1. The van der Waals surface area contributed by atoms with E-state index in [1.54, 1.807) is 30.0 Å². The molecule has 2 aromatic carbocycles. The monoisotopic (exact) mass is 469 g/mol. The summed E-state index contributed by atoms with van der Waals surface area (Å²) < 4.78 is 6.14. The van der Waals surface area contributed by atoms with E-state index in [1.807, 2.05) is 60.7 Å². The van der Waals surface area contributed by atoms with Crippen LogP contribution in [0.5, 0.6) is 5.75 Å². The lowest BCUT2D eigenvalue weighted by Gasteiger charge is -2.19. The summed E-state index contributed by atoms with van der Waals surface area (Å²) in [5.41, 5.74) is 1.65. The van der Waals surface area contributed by atoms with Crippen molar-refractivity contribution in [3.05, 3.63) is 77.6 Å². The zero-order valence-corrected chi connectivity index (χ0v) is 19.2. The number of carbonyl (C=O) groups is 1. The van der Waals surface area contributed by atoms with Gasteiger partial charge >= 0.3 is 0 Å². The quantitative estimate of drug-likeness (QED) is 0.293. The zero-order valence-electron chi connectivity index (χ0n) is 16.8. The minimum atomic E-state index is 0.0109. The summed E-state index contributed by atoms with van der Waals surface area (Å²) in [5.74, 6) is 1.50. The van der Waals surface area contributed by atoms with E-state index >= 15 is 0 Å². The number of pyridine rings is 1. The summed E-state index contributed by atoms with van der Waals surface area (Å²) in [7, 11) is 1.65. The third-order valence-corrected chi connectivity index (χ3v) is 6.85. The molecule has 2 heterocycles. The Kier molecular flexibility index (Phi) is 7.06. The first-order valence-electron chi connectivity index (χ1n) is 9.65. The molecule has 0 fully saturated rings. The smallest absolute Gasteiger partial charge is 0.229 e. The Morgan fingerprint density at radius 3 is 2.74 bits per heavy atom. The first kappa shape index (κ1) is 21.6. The summed E-state index contributed by atoms with van der Waals surface area (Å²) in [4.78, 5) is 25.1. The second-order valence-corrected chi connectivity index (χ2v) is 9.30. The van der Waals surface area contributed by atoms with Crippen LogP contribution in [0.1, 0.15) is 12.1 Å². The van der Waals surface area contributed by atoms with Gasteiger partial charge in [-0.25, -0.2) is 4.98 Å². The first-order chi connectivity index (χ1) is 15.1. The number of halogens is 1. The average molecular weight is 470 g/mol. The molecule has 0 bridgehead atoms. The predicted molar refractivity (Wildman–Crippen MR) is 128 cm³/mol. The lowest BCUT2D eigenvalue weighted by Crippen LogP contribution is -2.30. The van der Waals surface area contributed by atoms with Gasteiger partial charge in [0.25, 0.3) is 0 Å². The Hall–Kier alpha value is -2.61. The molecule has 0 aliphatic rings. The van der Waals surface area contributed by atoms with E-state index in [0.29, 0.717) is 28.9 Å². The van der Waals surface area contributed by atoms with Gasteiger partial charge in [0.1, 0.15) is 5.75 Å². The molecule has 2 aromatic heterocycles. The Labute approximate surface area is 194 Å². The van der Waals surface area contributed by atoms with Gasteiger partial charge in [0.15, 0.2) is 5.13 Å². The average Bonchev–Trinajstić information content (AvgIpc) is 3.21. The highest BCUT2D eigenvalue weighted by molar-refractivity contribution is 7.99. The third-order valence-electron chi connectivity index (χ3n) is 4.56. The number of thiazole rings is 1. The molecule has 0 saturated heterocycles. The molecule has 0 aliphatic carbocycles. The van der Waals surface area contributed by atoms with Gasteiger partial charge in [0, 0.05) is 28.3 Å². The molecule has 4 aromatic rings. The van der Waals surface area contributed by atoms with Crippen LogP contribution in [0.25, 0.3) is 10.2 Å². The second kappa shape index (κ2) is 10.1. The van der Waals surface area contributed by atoms with E-state index in [-0.39, 0.29) is 5.91 Å². The first-order valence-corrected chi connectivity index (χ1v) is 11.8. The van der Waals surface area contributed by atoms with Gasteiger partial charge in [-0.2, -0.15) is 0 Å². The maximum atomic E-state index is 13.2. The number of aromatic nitrogens is 2. The normalized spacial score (nSPS) is 10.9. The fourth-order valence-corrected chi connectivity index (χ4v) is 5.08. The molecule has 0 N–H and O–H groups in total. The lowest BCUT2D eigenvalue weighted by atomic mass is 10.3. The predicted octanol–water partition coefficient (Wildman–Crippen LogP) is 6.07. The van der Waals surface area contributed by atoms with Crippen molar-refractivity contribution in [2.24, 2.45) is 0 Å². The fourth-order valence-electron chi connectivity index (χ4n) is 2.98. The van der Waals surface area contributed by atoms with Crippen LogP contribution >= 0.6 is 34.7 Å². The van der Waals surface area contributed by atoms with Crippen molar-refractivity contribution in [1.29, 1.82) is 0 Å². The highest BCUT2D eigenvalue weighted by atomic mass is 35.5. The summed E-state index contributed by atoms with van der Waals surface area (Å²) in [6.07, 6.45) is 2.12. The number of methoxy groups -OCH3 is 1. The molecule has 0 atom stereocenters. The molecule has 4 rings (SSSR count). The Morgan fingerprint density at radius 2 is 2.00 bits per heavy atom. The summed E-state index contributed by atoms with van der Waals surface area (Å²) in [6.45, 7) is 0.375. The maximum Gasteiger partial charge on any atom is 0.229 e. The molecule has 31 heavy (non-hydrogen) atoms. The van der Waals surface area contributed by atoms with E-state index in [1.165, 1.54) is 11.3 Å². The third kappa shape index (κ3) is 5.55. The Balaban J connectivity index is 1.50. The van der Waals surface area contributed by atoms with Crippen LogP contribution in [-0.2, 0) is 11.3 Å². The molecule has 0 aliphatic heterocycles. The molecule has 158 valence electrons. The van der Waals surface area contributed by atoms with Crippen molar-refractivity contribution in [2.75, 3.05) is 17.8 Å². The van der Waals surface area contributed by atoms with Crippen molar-refractivity contribution in [3.8, 4) is 5.75 Å². The van der Waals surface area contributed by atoms with Crippen LogP contribution in [-0.4, -0.2) is 28.7 Å². The Bertz CT molecular complexity index is 1170. The number of fused-ring (bicyclic) bond motifs is 1. The van der Waals surface area contributed by atoms with Crippen molar-refractivity contribution in [1.82, 2.24) is 9.97 Å². The van der Waals surface area contributed by atoms with Gasteiger partial charge in [-0.15, -0.1) is 11.8 Å². The van der Waals surface area contributed by atoms with Gasteiger partial charge in [0.2, 0.25) is 5.91 Å². The molecule has 0 unspecified atom stereocenters. The van der Waals surface area contributed by atoms with Crippen molar-refractivity contribution >= 4 is 56.0 Å². The van der Waals surface area contributed by atoms with Gasteiger partial charge in [-0.3, -0.25) is 14.7 Å². The van der Waals surface area contributed by atoms with Crippen molar-refractivity contribution in [3.63, 3.8) is 0 Å². The van der Waals surface area contributed by atoms with Crippen molar-refractivity contribution in [2.45, 2.75) is 17.9 Å². The SMILES string of the molecule is COc1ccc(SCCC(=O)N(Cc2ccccn2)c2nc3ccc(Cl)cc3s2)cc1. The van der Waals surface area contributed by atoms with Crippen LogP contribution in [0.2, 0.25) is 5.02 Å². The second-order valence-electron chi connectivity index (χ2n) is 6.68. The number of ether oxygens (including phenoxy) is 1. The molecular formula is C23H20ClN3O2S2. The number of nitrogens with zero attached hydrogens (tertiary/aromatic N) is 3. The van der Waals surface area contributed by atoms with Crippen LogP contribution in [0.15, 0.2) is 71.8 Å². The minimum absolute atomic E-state index is 0.0109. The van der Waals surface area contributed by atoms with Gasteiger partial charge in [-0.05, 0) is 54.6 Å². The number of amides is 1. The van der Waals surface area contributed by atoms with E-state index < -0.39 is 0 Å². The molecule has 0 spiro atoms. The summed E-state index contributed by atoms with van der Waals surface area (Å²) in [5, 5.41) is 1.31. The molecule has 1 amide bonds. The standard InChI is InChI=1S/C23H20ClN3O2S2/c1-29-18-6-8-19(9-7-18)30-13-11-22(28)27(15-17-4-2-3-12-25-17)23-26-20-10-5-16(24)14-21(20)31-23/h2-10,12,14H,11,13,15H2,1H3. The summed E-state index contributed by atoms with van der Waals surface area (Å²) >= 11 is 9.23. The van der Waals surface area contributed by atoms with Gasteiger partial charge in [0.05, 0.1) is 29.6 Å². The largest absolute Gasteiger partial charge is 0.497 e. The van der Waals surface area contributed by atoms with Crippen LogP contribution in [0.3, 0.4) is 0 Å². The number of carbonyl (C=O) groups excluding carboxylic acids is 1.